The van der Waals surface area contributed by atoms with Crippen LogP contribution < -0.4 is 4.72 Å². The van der Waals surface area contributed by atoms with Crippen LogP contribution >= 0.6 is 0 Å². The molecule has 0 amide bonds. The highest BCUT2D eigenvalue weighted by Gasteiger charge is 2.41. The number of sulfonamides is 1. The van der Waals surface area contributed by atoms with E-state index in [-0.39, 0.29) is 4.90 Å². The number of rotatable bonds is 6. The van der Waals surface area contributed by atoms with Gasteiger partial charge in [0, 0.05) is 12.0 Å². The normalized spacial score (nSPS) is 18.8. The van der Waals surface area contributed by atoms with E-state index in [1.54, 1.807) is 30.3 Å². The Morgan fingerprint density at radius 1 is 1.08 bits per heavy atom. The molecule has 2 saturated carbocycles. The Kier molecular flexibility index (Phi) is 3.54. The Balaban J connectivity index is 1.68. The summed E-state index contributed by atoms with van der Waals surface area (Å²) in [4.78, 5) is 0.262. The van der Waals surface area contributed by atoms with E-state index in [0.717, 1.165) is 31.5 Å². The molecule has 2 aliphatic rings. The van der Waals surface area contributed by atoms with Crippen molar-refractivity contribution in [1.82, 2.24) is 19.5 Å². The van der Waals surface area contributed by atoms with Gasteiger partial charge in [-0.05, 0) is 51.7 Å². The van der Waals surface area contributed by atoms with Gasteiger partial charge in [0.2, 0.25) is 10.0 Å². The second-order valence-electron chi connectivity index (χ2n) is 7.30. The number of aromatic nitrogens is 3. The summed E-state index contributed by atoms with van der Waals surface area (Å²) in [5.74, 6) is 2.24. The van der Waals surface area contributed by atoms with Gasteiger partial charge in [-0.3, -0.25) is 0 Å². The Bertz CT molecular complexity index is 850. The van der Waals surface area contributed by atoms with Crippen LogP contribution in [0.1, 0.15) is 63.1 Å². The van der Waals surface area contributed by atoms with E-state index in [1.165, 1.54) is 0 Å². The van der Waals surface area contributed by atoms with E-state index >= 15 is 0 Å². The van der Waals surface area contributed by atoms with Gasteiger partial charge in [0.05, 0.1) is 10.4 Å². The number of benzene rings is 1. The van der Waals surface area contributed by atoms with Gasteiger partial charge in [0.25, 0.3) is 0 Å². The van der Waals surface area contributed by atoms with Crippen molar-refractivity contribution in [3.63, 3.8) is 0 Å². The maximum atomic E-state index is 12.7. The summed E-state index contributed by atoms with van der Waals surface area (Å²) in [6.45, 7) is 3.71. The van der Waals surface area contributed by atoms with E-state index in [4.69, 9.17) is 0 Å². The van der Waals surface area contributed by atoms with Gasteiger partial charge in [-0.15, -0.1) is 10.2 Å². The highest BCUT2D eigenvalue weighted by molar-refractivity contribution is 7.89. The van der Waals surface area contributed by atoms with Gasteiger partial charge in [0.15, 0.2) is 5.82 Å². The first-order valence-electron chi connectivity index (χ1n) is 8.43. The van der Waals surface area contributed by atoms with Crippen molar-refractivity contribution >= 4 is 10.0 Å². The molecule has 6 nitrogen and oxygen atoms in total. The smallest absolute Gasteiger partial charge is 0.241 e. The number of nitrogens with zero attached hydrogens (tertiary/aromatic N) is 3. The standard InChI is InChI=1S/C17H22N4O2S/c1-17(2,20-24(22,23)14-6-4-3-5-7-14)16-19-18-15(12-8-9-12)21(16)13-10-11-13/h3-7,12-13,20H,8-11H2,1-2H3. The summed E-state index contributed by atoms with van der Waals surface area (Å²) in [5, 5.41) is 8.76. The van der Waals surface area contributed by atoms with E-state index in [2.05, 4.69) is 19.5 Å². The van der Waals surface area contributed by atoms with Crippen LogP contribution in [0.15, 0.2) is 35.2 Å². The molecule has 0 atom stereocenters. The summed E-state index contributed by atoms with van der Waals surface area (Å²) in [6, 6.07) is 8.86. The molecule has 4 rings (SSSR count). The zero-order chi connectivity index (χ0) is 16.9. The van der Waals surface area contributed by atoms with Crippen LogP contribution in [0.2, 0.25) is 0 Å². The van der Waals surface area contributed by atoms with Crippen molar-refractivity contribution < 1.29 is 8.42 Å². The molecule has 0 radical (unpaired) electrons. The number of hydrogen-bond acceptors (Lipinski definition) is 4. The van der Waals surface area contributed by atoms with Gasteiger partial charge >= 0.3 is 0 Å². The fourth-order valence-electron chi connectivity index (χ4n) is 3.08. The van der Waals surface area contributed by atoms with Gasteiger partial charge in [-0.25, -0.2) is 8.42 Å². The Morgan fingerprint density at radius 3 is 2.33 bits per heavy atom. The highest BCUT2D eigenvalue weighted by Crippen LogP contribution is 2.46. The zero-order valence-corrected chi connectivity index (χ0v) is 14.8. The molecule has 2 aliphatic carbocycles. The fourth-order valence-corrected chi connectivity index (χ4v) is 4.48. The molecule has 1 aromatic carbocycles. The molecule has 0 unspecified atom stereocenters. The lowest BCUT2D eigenvalue weighted by Gasteiger charge is -2.26. The minimum absolute atomic E-state index is 0.262. The second kappa shape index (κ2) is 5.39. The average Bonchev–Trinajstić information content (AvgIpc) is 3.46. The highest BCUT2D eigenvalue weighted by atomic mass is 32.2. The SMILES string of the molecule is CC(C)(NS(=O)(=O)c1ccccc1)c1nnc(C2CC2)n1C1CC1. The van der Waals surface area contributed by atoms with Gasteiger partial charge < -0.3 is 4.57 Å². The van der Waals surface area contributed by atoms with E-state index in [1.807, 2.05) is 13.8 Å². The maximum absolute atomic E-state index is 12.7. The first kappa shape index (κ1) is 15.8. The molecule has 2 fully saturated rings. The van der Waals surface area contributed by atoms with Crippen molar-refractivity contribution in [3.8, 4) is 0 Å². The third-order valence-electron chi connectivity index (χ3n) is 4.58. The largest absolute Gasteiger partial charge is 0.310 e. The maximum Gasteiger partial charge on any atom is 0.241 e. The molecule has 0 bridgehead atoms. The van der Waals surface area contributed by atoms with Crippen molar-refractivity contribution in [2.75, 3.05) is 0 Å². The molecule has 1 aromatic heterocycles. The van der Waals surface area contributed by atoms with Gasteiger partial charge in [-0.2, -0.15) is 4.72 Å². The molecule has 1 N–H and O–H groups in total. The molecule has 0 saturated heterocycles. The molecule has 7 heteroatoms. The Hall–Kier alpha value is -1.73. The van der Waals surface area contributed by atoms with Gasteiger partial charge in [0.1, 0.15) is 5.82 Å². The molecular weight excluding hydrogens is 324 g/mol. The summed E-state index contributed by atoms with van der Waals surface area (Å²) >= 11 is 0. The predicted molar refractivity (Wildman–Crippen MR) is 90.1 cm³/mol. The topological polar surface area (TPSA) is 76.9 Å². The Morgan fingerprint density at radius 2 is 1.75 bits per heavy atom. The van der Waals surface area contributed by atoms with Crippen LogP contribution in [0, 0.1) is 0 Å². The summed E-state index contributed by atoms with van der Waals surface area (Å²) < 4.78 is 30.4. The quantitative estimate of drug-likeness (QED) is 0.872. The molecule has 0 aliphatic heterocycles. The van der Waals surface area contributed by atoms with Crippen molar-refractivity contribution in [1.29, 1.82) is 0 Å². The molecule has 128 valence electrons. The third-order valence-corrected chi connectivity index (χ3v) is 6.25. The van der Waals surface area contributed by atoms with Crippen molar-refractivity contribution in [2.24, 2.45) is 0 Å². The van der Waals surface area contributed by atoms with Crippen LogP contribution in [0.25, 0.3) is 0 Å². The lowest BCUT2D eigenvalue weighted by molar-refractivity contribution is 0.420. The molecule has 0 spiro atoms. The predicted octanol–water partition coefficient (Wildman–Crippen LogP) is 2.70. The van der Waals surface area contributed by atoms with E-state index in [0.29, 0.717) is 17.8 Å². The van der Waals surface area contributed by atoms with Crippen LogP contribution in [-0.2, 0) is 15.6 Å². The second-order valence-corrected chi connectivity index (χ2v) is 8.98. The molecule has 1 heterocycles. The van der Waals surface area contributed by atoms with E-state index in [9.17, 15) is 8.42 Å². The van der Waals surface area contributed by atoms with Crippen molar-refractivity contribution in [2.45, 2.75) is 61.9 Å². The fraction of sp³-hybridized carbons (Fsp3) is 0.529. The average molecular weight is 346 g/mol. The first-order chi connectivity index (χ1) is 11.4. The lowest BCUT2D eigenvalue weighted by atomic mass is 10.1. The Labute approximate surface area is 142 Å². The zero-order valence-electron chi connectivity index (χ0n) is 13.9. The number of nitrogens with one attached hydrogen (secondary N) is 1. The van der Waals surface area contributed by atoms with E-state index < -0.39 is 15.6 Å². The molecule has 2 aromatic rings. The van der Waals surface area contributed by atoms with Crippen molar-refractivity contribution in [3.05, 3.63) is 42.0 Å². The van der Waals surface area contributed by atoms with Crippen LogP contribution in [0.5, 0.6) is 0 Å². The minimum atomic E-state index is -3.61. The molecular formula is C17H22N4O2S. The monoisotopic (exact) mass is 346 g/mol. The minimum Gasteiger partial charge on any atom is -0.310 e. The summed E-state index contributed by atoms with van der Waals surface area (Å²) in [5.41, 5.74) is -0.822. The third kappa shape index (κ3) is 2.86. The lowest BCUT2D eigenvalue weighted by Crippen LogP contribution is -2.43. The summed E-state index contributed by atoms with van der Waals surface area (Å²) in [7, 11) is -3.61. The van der Waals surface area contributed by atoms with Crippen LogP contribution in [-0.4, -0.2) is 23.2 Å². The van der Waals surface area contributed by atoms with Crippen LogP contribution in [0.4, 0.5) is 0 Å². The van der Waals surface area contributed by atoms with Crippen LogP contribution in [0.3, 0.4) is 0 Å². The first-order valence-corrected chi connectivity index (χ1v) is 9.91. The summed E-state index contributed by atoms with van der Waals surface area (Å²) in [6.07, 6.45) is 4.54. The molecule has 24 heavy (non-hydrogen) atoms. The van der Waals surface area contributed by atoms with Gasteiger partial charge in [-0.1, -0.05) is 18.2 Å². The number of hydrogen-bond donors (Lipinski definition) is 1.